The fourth-order valence-electron chi connectivity index (χ4n) is 1.84. The van der Waals surface area contributed by atoms with Crippen LogP contribution in [0.1, 0.15) is 11.1 Å². The minimum atomic E-state index is 0.563. The van der Waals surface area contributed by atoms with Gasteiger partial charge in [0.15, 0.2) is 0 Å². The van der Waals surface area contributed by atoms with Crippen molar-refractivity contribution in [2.24, 2.45) is 0 Å². The van der Waals surface area contributed by atoms with Crippen molar-refractivity contribution < 1.29 is 0 Å². The molecule has 1 aromatic carbocycles. The van der Waals surface area contributed by atoms with Crippen molar-refractivity contribution in [2.75, 3.05) is 12.8 Å². The van der Waals surface area contributed by atoms with Gasteiger partial charge in [-0.25, -0.2) is 4.98 Å². The zero-order valence-corrected chi connectivity index (χ0v) is 11.9. The Morgan fingerprint density at radius 2 is 1.94 bits per heavy atom. The Bertz CT molecular complexity index is 511. The molecule has 0 spiro atoms. The quantitative estimate of drug-likeness (QED) is 0.944. The second kappa shape index (κ2) is 5.98. The van der Waals surface area contributed by atoms with Gasteiger partial charge in [-0.05, 0) is 36.4 Å². The molecule has 2 N–H and O–H groups in total. The van der Waals surface area contributed by atoms with Crippen LogP contribution in [0.5, 0.6) is 0 Å². The van der Waals surface area contributed by atoms with Gasteiger partial charge in [-0.15, -0.1) is 0 Å². The summed E-state index contributed by atoms with van der Waals surface area (Å²) in [5.74, 6) is 0.563. The molecule has 94 valence electrons. The molecule has 0 saturated heterocycles. The molecule has 1 heterocycles. The van der Waals surface area contributed by atoms with Crippen LogP contribution < -0.4 is 5.73 Å². The van der Waals surface area contributed by atoms with E-state index in [1.165, 1.54) is 11.1 Å². The molecule has 2 aromatic rings. The first-order valence-electron chi connectivity index (χ1n) is 5.77. The van der Waals surface area contributed by atoms with Gasteiger partial charge in [0.05, 0.1) is 0 Å². The molecule has 0 aliphatic rings. The van der Waals surface area contributed by atoms with Crippen LogP contribution in [0.3, 0.4) is 0 Å². The van der Waals surface area contributed by atoms with Crippen molar-refractivity contribution in [1.82, 2.24) is 9.88 Å². The van der Waals surface area contributed by atoms with Crippen LogP contribution in [0.25, 0.3) is 0 Å². The summed E-state index contributed by atoms with van der Waals surface area (Å²) in [6, 6.07) is 12.2. The SMILES string of the molecule is CN(Cc1ccc(N)nc1)Cc1cccc(Br)c1. The average Bonchev–Trinajstić information content (AvgIpc) is 2.32. The Hall–Kier alpha value is -1.39. The standard InChI is InChI=1S/C14H16BrN3/c1-18(9-11-3-2-4-13(15)7-11)10-12-5-6-14(16)17-8-12/h2-8H,9-10H2,1H3,(H2,16,17). The van der Waals surface area contributed by atoms with Gasteiger partial charge < -0.3 is 5.73 Å². The zero-order chi connectivity index (χ0) is 13.0. The van der Waals surface area contributed by atoms with Gasteiger partial charge in [0, 0.05) is 23.8 Å². The average molecular weight is 306 g/mol. The summed E-state index contributed by atoms with van der Waals surface area (Å²) in [6.07, 6.45) is 1.83. The maximum absolute atomic E-state index is 5.57. The monoisotopic (exact) mass is 305 g/mol. The van der Waals surface area contributed by atoms with Gasteiger partial charge in [-0.2, -0.15) is 0 Å². The van der Waals surface area contributed by atoms with E-state index in [-0.39, 0.29) is 0 Å². The van der Waals surface area contributed by atoms with Crippen LogP contribution >= 0.6 is 15.9 Å². The summed E-state index contributed by atoms with van der Waals surface area (Å²) in [4.78, 5) is 6.34. The first-order valence-corrected chi connectivity index (χ1v) is 6.56. The Labute approximate surface area is 116 Å². The predicted octanol–water partition coefficient (Wildman–Crippen LogP) is 3.06. The fourth-order valence-corrected chi connectivity index (χ4v) is 2.29. The highest BCUT2D eigenvalue weighted by Gasteiger charge is 2.02. The van der Waals surface area contributed by atoms with Crippen molar-refractivity contribution in [3.8, 4) is 0 Å². The van der Waals surface area contributed by atoms with Crippen molar-refractivity contribution in [3.05, 3.63) is 58.2 Å². The van der Waals surface area contributed by atoms with E-state index < -0.39 is 0 Å². The highest BCUT2D eigenvalue weighted by molar-refractivity contribution is 9.10. The number of benzene rings is 1. The van der Waals surface area contributed by atoms with Gasteiger partial charge in [0.2, 0.25) is 0 Å². The summed E-state index contributed by atoms with van der Waals surface area (Å²) >= 11 is 3.48. The second-order valence-corrected chi connectivity index (χ2v) is 5.31. The number of aromatic nitrogens is 1. The van der Waals surface area contributed by atoms with Crippen LogP contribution in [-0.4, -0.2) is 16.9 Å². The maximum atomic E-state index is 5.57. The molecular formula is C14H16BrN3. The molecule has 0 unspecified atom stereocenters. The summed E-state index contributed by atoms with van der Waals surface area (Å²) in [5.41, 5.74) is 8.02. The Kier molecular flexibility index (Phi) is 4.33. The summed E-state index contributed by atoms with van der Waals surface area (Å²) in [7, 11) is 2.09. The van der Waals surface area contributed by atoms with E-state index in [2.05, 4.69) is 51.1 Å². The number of rotatable bonds is 4. The number of nitrogen functional groups attached to an aromatic ring is 1. The van der Waals surface area contributed by atoms with Crippen LogP contribution in [0.15, 0.2) is 47.1 Å². The van der Waals surface area contributed by atoms with Crippen molar-refractivity contribution in [2.45, 2.75) is 13.1 Å². The lowest BCUT2D eigenvalue weighted by molar-refractivity contribution is 0.318. The number of halogens is 1. The van der Waals surface area contributed by atoms with E-state index >= 15 is 0 Å². The molecular weight excluding hydrogens is 290 g/mol. The third-order valence-electron chi connectivity index (χ3n) is 2.64. The molecule has 4 heteroatoms. The number of hydrogen-bond donors (Lipinski definition) is 1. The normalized spacial score (nSPS) is 10.8. The first-order chi connectivity index (χ1) is 8.63. The maximum Gasteiger partial charge on any atom is 0.123 e. The van der Waals surface area contributed by atoms with Gasteiger partial charge in [0.1, 0.15) is 5.82 Å². The van der Waals surface area contributed by atoms with Crippen molar-refractivity contribution in [1.29, 1.82) is 0 Å². The fraction of sp³-hybridized carbons (Fsp3) is 0.214. The summed E-state index contributed by atoms with van der Waals surface area (Å²) < 4.78 is 1.11. The van der Waals surface area contributed by atoms with Gasteiger partial charge in [-0.1, -0.05) is 34.1 Å². The summed E-state index contributed by atoms with van der Waals surface area (Å²) in [5, 5.41) is 0. The van der Waals surface area contributed by atoms with Crippen LogP contribution in [0.2, 0.25) is 0 Å². The molecule has 0 amide bonds. The Morgan fingerprint density at radius 1 is 1.17 bits per heavy atom. The lowest BCUT2D eigenvalue weighted by Gasteiger charge is -2.16. The van der Waals surface area contributed by atoms with Gasteiger partial charge in [0.25, 0.3) is 0 Å². The molecule has 0 aliphatic carbocycles. The van der Waals surface area contributed by atoms with E-state index in [9.17, 15) is 0 Å². The molecule has 0 radical (unpaired) electrons. The Balaban J connectivity index is 1.96. The zero-order valence-electron chi connectivity index (χ0n) is 10.3. The molecule has 1 aromatic heterocycles. The van der Waals surface area contributed by atoms with Crippen molar-refractivity contribution >= 4 is 21.7 Å². The number of nitrogens with zero attached hydrogens (tertiary/aromatic N) is 2. The number of nitrogens with two attached hydrogens (primary N) is 1. The van der Waals surface area contributed by atoms with Crippen LogP contribution in [0, 0.1) is 0 Å². The number of anilines is 1. The highest BCUT2D eigenvalue weighted by Crippen LogP contribution is 2.14. The molecule has 0 saturated carbocycles. The smallest absolute Gasteiger partial charge is 0.123 e. The van der Waals surface area contributed by atoms with E-state index in [0.29, 0.717) is 5.82 Å². The molecule has 18 heavy (non-hydrogen) atoms. The van der Waals surface area contributed by atoms with E-state index in [1.54, 1.807) is 0 Å². The molecule has 0 atom stereocenters. The topological polar surface area (TPSA) is 42.1 Å². The second-order valence-electron chi connectivity index (χ2n) is 4.39. The highest BCUT2D eigenvalue weighted by atomic mass is 79.9. The molecule has 0 bridgehead atoms. The first kappa shape index (κ1) is 13.1. The molecule has 2 rings (SSSR count). The van der Waals surface area contributed by atoms with E-state index in [1.807, 2.05) is 24.4 Å². The van der Waals surface area contributed by atoms with Gasteiger partial charge in [-0.3, -0.25) is 4.90 Å². The lowest BCUT2D eigenvalue weighted by Crippen LogP contribution is -2.17. The predicted molar refractivity (Wildman–Crippen MR) is 78.0 cm³/mol. The molecule has 3 nitrogen and oxygen atoms in total. The third-order valence-corrected chi connectivity index (χ3v) is 3.13. The Morgan fingerprint density at radius 3 is 2.61 bits per heavy atom. The lowest BCUT2D eigenvalue weighted by atomic mass is 10.2. The minimum absolute atomic E-state index is 0.563. The number of hydrogen-bond acceptors (Lipinski definition) is 3. The van der Waals surface area contributed by atoms with Gasteiger partial charge >= 0.3 is 0 Å². The molecule has 0 aliphatic heterocycles. The number of pyridine rings is 1. The summed E-state index contributed by atoms with van der Waals surface area (Å²) in [6.45, 7) is 1.77. The van der Waals surface area contributed by atoms with Crippen LogP contribution in [0.4, 0.5) is 5.82 Å². The van der Waals surface area contributed by atoms with Crippen molar-refractivity contribution in [3.63, 3.8) is 0 Å². The van der Waals surface area contributed by atoms with E-state index in [0.717, 1.165) is 17.6 Å². The van der Waals surface area contributed by atoms with Crippen LogP contribution in [-0.2, 0) is 13.1 Å². The molecule has 0 fully saturated rings. The third kappa shape index (κ3) is 3.82. The largest absolute Gasteiger partial charge is 0.384 e. The van der Waals surface area contributed by atoms with E-state index in [4.69, 9.17) is 5.73 Å². The minimum Gasteiger partial charge on any atom is -0.384 e.